The van der Waals surface area contributed by atoms with Crippen molar-refractivity contribution in [2.24, 2.45) is 4.99 Å². The summed E-state index contributed by atoms with van der Waals surface area (Å²) in [5.74, 6) is 0.740. The Kier molecular flexibility index (Phi) is 9.30. The SMILES string of the molecule is CCNC(=NCCO)NCCc1ccc(-n2cccn2)cc1.I. The van der Waals surface area contributed by atoms with Crippen molar-refractivity contribution in [2.45, 2.75) is 13.3 Å². The molecule has 0 fully saturated rings. The number of aliphatic imine (C=N–C) groups is 1. The molecule has 2 aromatic rings. The molecule has 1 aromatic carbocycles. The molecule has 0 saturated heterocycles. The molecule has 1 aromatic heterocycles. The molecule has 0 aliphatic heterocycles. The van der Waals surface area contributed by atoms with Crippen molar-refractivity contribution in [1.82, 2.24) is 20.4 Å². The Bertz CT molecular complexity index is 569. The second-order valence-corrected chi connectivity index (χ2v) is 4.78. The summed E-state index contributed by atoms with van der Waals surface area (Å²) in [4.78, 5) is 4.24. The fraction of sp³-hybridized carbons (Fsp3) is 0.375. The second-order valence-electron chi connectivity index (χ2n) is 4.78. The maximum absolute atomic E-state index is 8.82. The van der Waals surface area contributed by atoms with Crippen molar-refractivity contribution < 1.29 is 5.11 Å². The lowest BCUT2D eigenvalue weighted by Crippen LogP contribution is -2.38. The van der Waals surface area contributed by atoms with Crippen molar-refractivity contribution in [3.05, 3.63) is 48.3 Å². The second kappa shape index (κ2) is 11.0. The third-order valence-electron chi connectivity index (χ3n) is 3.13. The summed E-state index contributed by atoms with van der Waals surface area (Å²) in [6, 6.07) is 10.2. The van der Waals surface area contributed by atoms with Gasteiger partial charge in [0, 0.05) is 25.5 Å². The van der Waals surface area contributed by atoms with Crippen LogP contribution in [-0.4, -0.2) is 47.1 Å². The Labute approximate surface area is 154 Å². The Balaban J connectivity index is 0.00000264. The van der Waals surface area contributed by atoms with Gasteiger partial charge in [-0.15, -0.1) is 24.0 Å². The van der Waals surface area contributed by atoms with Crippen molar-refractivity contribution in [1.29, 1.82) is 0 Å². The quantitative estimate of drug-likeness (QED) is 0.355. The van der Waals surface area contributed by atoms with Crippen molar-refractivity contribution in [3.63, 3.8) is 0 Å². The maximum Gasteiger partial charge on any atom is 0.191 e. The third-order valence-corrected chi connectivity index (χ3v) is 3.13. The molecule has 0 atom stereocenters. The van der Waals surface area contributed by atoms with Gasteiger partial charge >= 0.3 is 0 Å². The molecule has 0 spiro atoms. The Morgan fingerprint density at radius 3 is 2.65 bits per heavy atom. The molecule has 0 aliphatic rings. The maximum atomic E-state index is 8.82. The number of nitrogens with one attached hydrogen (secondary N) is 2. The molecule has 1 heterocycles. The number of aliphatic hydroxyl groups excluding tert-OH is 1. The van der Waals surface area contributed by atoms with Gasteiger partial charge in [-0.2, -0.15) is 5.10 Å². The Morgan fingerprint density at radius 2 is 2.04 bits per heavy atom. The fourth-order valence-electron chi connectivity index (χ4n) is 2.07. The lowest BCUT2D eigenvalue weighted by atomic mass is 10.1. The standard InChI is InChI=1S/C16H23N5O.HI/c1-2-17-16(19-11-13-22)18-10-8-14-4-6-15(7-5-14)21-12-3-9-20-21;/h3-7,9,12,22H,2,8,10-11,13H2,1H3,(H2,17,18,19);1H. The number of aromatic nitrogens is 2. The van der Waals surface area contributed by atoms with Crippen LogP contribution in [0.4, 0.5) is 0 Å². The van der Waals surface area contributed by atoms with Gasteiger partial charge in [0.15, 0.2) is 5.96 Å². The normalized spacial score (nSPS) is 11.0. The van der Waals surface area contributed by atoms with E-state index in [4.69, 9.17) is 5.11 Å². The van der Waals surface area contributed by atoms with Gasteiger partial charge in [-0.3, -0.25) is 4.99 Å². The summed E-state index contributed by atoms with van der Waals surface area (Å²) >= 11 is 0. The zero-order valence-electron chi connectivity index (χ0n) is 13.3. The van der Waals surface area contributed by atoms with Crippen LogP contribution in [0, 0.1) is 0 Å². The van der Waals surface area contributed by atoms with Crippen LogP contribution in [0.3, 0.4) is 0 Å². The first-order chi connectivity index (χ1) is 10.8. The van der Waals surface area contributed by atoms with E-state index in [9.17, 15) is 0 Å². The molecule has 0 bridgehead atoms. The lowest BCUT2D eigenvalue weighted by molar-refractivity contribution is 0.306. The zero-order valence-corrected chi connectivity index (χ0v) is 15.6. The zero-order chi connectivity index (χ0) is 15.6. The van der Waals surface area contributed by atoms with Crippen LogP contribution in [0.5, 0.6) is 0 Å². The van der Waals surface area contributed by atoms with Crippen LogP contribution in [0.2, 0.25) is 0 Å². The van der Waals surface area contributed by atoms with E-state index in [-0.39, 0.29) is 30.6 Å². The first kappa shape index (κ1) is 19.4. The van der Waals surface area contributed by atoms with E-state index in [0.717, 1.165) is 31.2 Å². The van der Waals surface area contributed by atoms with Crippen molar-refractivity contribution in [3.8, 4) is 5.69 Å². The number of hydrogen-bond acceptors (Lipinski definition) is 3. The van der Waals surface area contributed by atoms with Crippen LogP contribution < -0.4 is 10.6 Å². The number of rotatable bonds is 7. The van der Waals surface area contributed by atoms with Crippen LogP contribution in [-0.2, 0) is 6.42 Å². The van der Waals surface area contributed by atoms with E-state index >= 15 is 0 Å². The molecule has 126 valence electrons. The predicted molar refractivity (Wildman–Crippen MR) is 104 cm³/mol. The number of benzene rings is 1. The van der Waals surface area contributed by atoms with Gasteiger partial charge in [-0.05, 0) is 37.1 Å². The molecule has 2 rings (SSSR count). The molecule has 0 aliphatic carbocycles. The summed E-state index contributed by atoms with van der Waals surface area (Å²) in [6.45, 7) is 4.08. The number of aliphatic hydroxyl groups is 1. The van der Waals surface area contributed by atoms with E-state index in [1.807, 2.05) is 23.9 Å². The monoisotopic (exact) mass is 429 g/mol. The van der Waals surface area contributed by atoms with Gasteiger partial charge < -0.3 is 15.7 Å². The smallest absolute Gasteiger partial charge is 0.191 e. The highest BCUT2D eigenvalue weighted by Gasteiger charge is 1.99. The number of hydrogen-bond donors (Lipinski definition) is 3. The summed E-state index contributed by atoms with van der Waals surface area (Å²) in [5.41, 5.74) is 2.31. The number of nitrogens with zero attached hydrogens (tertiary/aromatic N) is 3. The van der Waals surface area contributed by atoms with Gasteiger partial charge in [0.1, 0.15) is 0 Å². The number of halogens is 1. The van der Waals surface area contributed by atoms with Crippen molar-refractivity contribution in [2.75, 3.05) is 26.2 Å². The molecule has 0 saturated carbocycles. The van der Waals surface area contributed by atoms with Crippen LogP contribution in [0.1, 0.15) is 12.5 Å². The van der Waals surface area contributed by atoms with Gasteiger partial charge in [0.2, 0.25) is 0 Å². The first-order valence-electron chi connectivity index (χ1n) is 7.55. The summed E-state index contributed by atoms with van der Waals surface area (Å²) in [5, 5.41) is 19.4. The molecule has 0 unspecified atom stereocenters. The average Bonchev–Trinajstić information content (AvgIpc) is 3.07. The highest BCUT2D eigenvalue weighted by Crippen LogP contribution is 2.08. The topological polar surface area (TPSA) is 74.5 Å². The van der Waals surface area contributed by atoms with Gasteiger partial charge in [-0.1, -0.05) is 12.1 Å². The van der Waals surface area contributed by atoms with E-state index < -0.39 is 0 Å². The minimum Gasteiger partial charge on any atom is -0.394 e. The molecule has 7 heteroatoms. The lowest BCUT2D eigenvalue weighted by Gasteiger charge is -2.11. The average molecular weight is 429 g/mol. The minimum absolute atomic E-state index is 0. The minimum atomic E-state index is 0. The van der Waals surface area contributed by atoms with E-state index in [0.29, 0.717) is 6.54 Å². The number of guanidine groups is 1. The van der Waals surface area contributed by atoms with E-state index in [1.54, 1.807) is 6.20 Å². The summed E-state index contributed by atoms with van der Waals surface area (Å²) in [7, 11) is 0. The fourth-order valence-corrected chi connectivity index (χ4v) is 2.07. The molecule has 0 radical (unpaired) electrons. The van der Waals surface area contributed by atoms with Crippen LogP contribution in [0.15, 0.2) is 47.7 Å². The highest BCUT2D eigenvalue weighted by atomic mass is 127. The largest absolute Gasteiger partial charge is 0.394 e. The van der Waals surface area contributed by atoms with Crippen molar-refractivity contribution >= 4 is 29.9 Å². The van der Waals surface area contributed by atoms with Gasteiger partial charge in [0.05, 0.1) is 18.8 Å². The first-order valence-corrected chi connectivity index (χ1v) is 7.55. The highest BCUT2D eigenvalue weighted by molar-refractivity contribution is 14.0. The molecule has 23 heavy (non-hydrogen) atoms. The van der Waals surface area contributed by atoms with Gasteiger partial charge in [-0.25, -0.2) is 4.68 Å². The molecule has 6 nitrogen and oxygen atoms in total. The van der Waals surface area contributed by atoms with E-state index in [2.05, 4.69) is 45.0 Å². The summed E-state index contributed by atoms with van der Waals surface area (Å²) in [6.07, 6.45) is 4.60. The van der Waals surface area contributed by atoms with Crippen LogP contribution in [0.25, 0.3) is 5.69 Å². The summed E-state index contributed by atoms with van der Waals surface area (Å²) < 4.78 is 1.84. The molecule has 3 N–H and O–H groups in total. The van der Waals surface area contributed by atoms with Gasteiger partial charge in [0.25, 0.3) is 0 Å². The Morgan fingerprint density at radius 1 is 1.26 bits per heavy atom. The molecular weight excluding hydrogens is 405 g/mol. The molecule has 0 amide bonds. The molecular formula is C16H24IN5O. The predicted octanol–water partition coefficient (Wildman–Crippen LogP) is 1.58. The third kappa shape index (κ3) is 6.57. The Hall–Kier alpha value is -1.61. The van der Waals surface area contributed by atoms with Crippen LogP contribution >= 0.6 is 24.0 Å². The van der Waals surface area contributed by atoms with E-state index in [1.165, 1.54) is 5.56 Å².